The van der Waals surface area contributed by atoms with Crippen LogP contribution in [0.25, 0.3) is 0 Å². The molecule has 0 spiro atoms. The highest BCUT2D eigenvalue weighted by atomic mass is 35.5. The van der Waals surface area contributed by atoms with Crippen LogP contribution in [0.3, 0.4) is 0 Å². The average Bonchev–Trinajstić information content (AvgIpc) is 2.81. The number of carbonyl (C=O) groups is 2. The number of benzene rings is 1. The maximum atomic E-state index is 13.1. The zero-order valence-electron chi connectivity index (χ0n) is 10.7. The van der Waals surface area contributed by atoms with Crippen molar-refractivity contribution >= 4 is 29.1 Å². The van der Waals surface area contributed by atoms with E-state index in [9.17, 15) is 14.0 Å². The molecule has 1 heterocycles. The Bertz CT molecular complexity index is 562. The molecule has 0 radical (unpaired) electrons. The lowest BCUT2D eigenvalue weighted by atomic mass is 10.1. The van der Waals surface area contributed by atoms with Gasteiger partial charge in [0, 0.05) is 18.8 Å². The van der Waals surface area contributed by atoms with E-state index in [1.807, 2.05) is 0 Å². The third-order valence-corrected chi connectivity index (χ3v) is 3.45. The minimum absolute atomic E-state index is 0.0464. The molecule has 106 valence electrons. The van der Waals surface area contributed by atoms with Gasteiger partial charge >= 0.3 is 0 Å². The van der Waals surface area contributed by atoms with Crippen LogP contribution in [0.2, 0.25) is 5.02 Å². The lowest BCUT2D eigenvalue weighted by Gasteiger charge is -2.17. The van der Waals surface area contributed by atoms with Gasteiger partial charge in [0.05, 0.1) is 5.02 Å². The standard InChI is InChI=1S/C14H14ClFN2O2/c1-2-6-17-13(19)10-5-7-18(14(10)20)9-3-4-12(16)11(15)8-9/h2-4,8,10H,1,5-7H2,(H,17,19). The molecule has 4 nitrogen and oxygen atoms in total. The summed E-state index contributed by atoms with van der Waals surface area (Å²) in [5.41, 5.74) is 0.500. The second kappa shape index (κ2) is 6.05. The number of anilines is 1. The normalized spacial score (nSPS) is 18.2. The first kappa shape index (κ1) is 14.5. The van der Waals surface area contributed by atoms with E-state index in [1.54, 1.807) is 6.08 Å². The van der Waals surface area contributed by atoms with E-state index in [0.717, 1.165) is 0 Å². The molecule has 0 aliphatic carbocycles. The summed E-state index contributed by atoms with van der Waals surface area (Å²) in [7, 11) is 0. The van der Waals surface area contributed by atoms with Gasteiger partial charge in [-0.2, -0.15) is 0 Å². The number of nitrogens with zero attached hydrogens (tertiary/aromatic N) is 1. The first-order valence-corrected chi connectivity index (χ1v) is 6.57. The largest absolute Gasteiger partial charge is 0.352 e. The van der Waals surface area contributed by atoms with Gasteiger partial charge in [0.25, 0.3) is 0 Å². The van der Waals surface area contributed by atoms with Crippen molar-refractivity contribution in [3.63, 3.8) is 0 Å². The van der Waals surface area contributed by atoms with Crippen molar-refractivity contribution in [1.29, 1.82) is 0 Å². The number of hydrogen-bond acceptors (Lipinski definition) is 2. The number of rotatable bonds is 4. The topological polar surface area (TPSA) is 49.4 Å². The summed E-state index contributed by atoms with van der Waals surface area (Å²) < 4.78 is 13.1. The Kier molecular flexibility index (Phi) is 4.39. The molecule has 6 heteroatoms. The average molecular weight is 297 g/mol. The molecular weight excluding hydrogens is 283 g/mol. The number of halogens is 2. The summed E-state index contributed by atoms with van der Waals surface area (Å²) in [6.45, 7) is 4.23. The number of carbonyl (C=O) groups excluding carboxylic acids is 2. The van der Waals surface area contributed by atoms with Gasteiger partial charge in [-0.25, -0.2) is 4.39 Å². The van der Waals surface area contributed by atoms with Crippen LogP contribution in [0.1, 0.15) is 6.42 Å². The van der Waals surface area contributed by atoms with Crippen molar-refractivity contribution in [1.82, 2.24) is 5.32 Å². The summed E-state index contributed by atoms with van der Waals surface area (Å²) in [5, 5.41) is 2.56. The molecule has 1 fully saturated rings. The molecule has 1 saturated heterocycles. The van der Waals surface area contributed by atoms with Crippen molar-refractivity contribution in [2.24, 2.45) is 5.92 Å². The van der Waals surface area contributed by atoms with Gasteiger partial charge in [0.15, 0.2) is 0 Å². The molecule has 1 atom stereocenters. The summed E-state index contributed by atoms with van der Waals surface area (Å²) in [6, 6.07) is 4.07. The van der Waals surface area contributed by atoms with Gasteiger partial charge in [0.1, 0.15) is 11.7 Å². The Morgan fingerprint density at radius 3 is 3.00 bits per heavy atom. The van der Waals surface area contributed by atoms with Gasteiger partial charge in [-0.15, -0.1) is 6.58 Å². The van der Waals surface area contributed by atoms with Crippen molar-refractivity contribution in [2.45, 2.75) is 6.42 Å². The van der Waals surface area contributed by atoms with E-state index in [0.29, 0.717) is 25.2 Å². The van der Waals surface area contributed by atoms with Crippen LogP contribution in [0.4, 0.5) is 10.1 Å². The van der Waals surface area contributed by atoms with Crippen molar-refractivity contribution in [2.75, 3.05) is 18.0 Å². The molecule has 0 saturated carbocycles. The Hall–Kier alpha value is -1.88. The molecule has 0 bridgehead atoms. The number of hydrogen-bond donors (Lipinski definition) is 1. The molecule has 1 N–H and O–H groups in total. The van der Waals surface area contributed by atoms with Crippen LogP contribution in [0.5, 0.6) is 0 Å². The zero-order valence-corrected chi connectivity index (χ0v) is 11.5. The van der Waals surface area contributed by atoms with Gasteiger partial charge in [-0.1, -0.05) is 17.7 Å². The molecule has 1 aliphatic rings. The first-order chi connectivity index (χ1) is 9.54. The lowest BCUT2D eigenvalue weighted by Crippen LogP contribution is -2.36. The van der Waals surface area contributed by atoms with Crippen LogP contribution in [0.15, 0.2) is 30.9 Å². The number of nitrogens with one attached hydrogen (secondary N) is 1. The fraction of sp³-hybridized carbons (Fsp3) is 0.286. The van der Waals surface area contributed by atoms with Crippen molar-refractivity contribution in [3.05, 3.63) is 41.7 Å². The second-order valence-electron chi connectivity index (χ2n) is 4.46. The highest BCUT2D eigenvalue weighted by Gasteiger charge is 2.37. The number of amides is 2. The predicted octanol–water partition coefficient (Wildman–Crippen LogP) is 2.13. The Morgan fingerprint density at radius 2 is 2.35 bits per heavy atom. The van der Waals surface area contributed by atoms with Gasteiger partial charge in [-0.05, 0) is 24.6 Å². The quantitative estimate of drug-likeness (QED) is 0.683. The Labute approximate surface area is 121 Å². The molecular formula is C14H14ClFN2O2. The molecule has 1 unspecified atom stereocenters. The Morgan fingerprint density at radius 1 is 1.60 bits per heavy atom. The molecule has 20 heavy (non-hydrogen) atoms. The van der Waals surface area contributed by atoms with E-state index in [-0.39, 0.29) is 16.8 Å². The van der Waals surface area contributed by atoms with E-state index in [2.05, 4.69) is 11.9 Å². The minimum atomic E-state index is -0.709. The second-order valence-corrected chi connectivity index (χ2v) is 4.87. The summed E-state index contributed by atoms with van der Waals surface area (Å²) >= 11 is 5.70. The van der Waals surface area contributed by atoms with E-state index in [4.69, 9.17) is 11.6 Å². The van der Waals surface area contributed by atoms with Gasteiger partial charge in [-0.3, -0.25) is 9.59 Å². The van der Waals surface area contributed by atoms with Crippen LogP contribution < -0.4 is 10.2 Å². The third-order valence-electron chi connectivity index (χ3n) is 3.16. The molecule has 0 aromatic heterocycles. The van der Waals surface area contributed by atoms with Gasteiger partial charge < -0.3 is 10.2 Å². The summed E-state index contributed by atoms with van der Waals surface area (Å²) in [6.07, 6.45) is 1.98. The lowest BCUT2D eigenvalue weighted by molar-refractivity contribution is -0.131. The molecule has 1 aromatic carbocycles. The van der Waals surface area contributed by atoms with Crippen LogP contribution in [-0.4, -0.2) is 24.9 Å². The fourth-order valence-corrected chi connectivity index (χ4v) is 2.30. The van der Waals surface area contributed by atoms with E-state index in [1.165, 1.54) is 23.1 Å². The molecule has 1 aliphatic heterocycles. The van der Waals surface area contributed by atoms with Crippen LogP contribution in [0, 0.1) is 11.7 Å². The van der Waals surface area contributed by atoms with Crippen LogP contribution >= 0.6 is 11.6 Å². The predicted molar refractivity (Wildman–Crippen MR) is 75.1 cm³/mol. The van der Waals surface area contributed by atoms with E-state index < -0.39 is 11.7 Å². The Balaban J connectivity index is 2.12. The maximum Gasteiger partial charge on any atom is 0.239 e. The van der Waals surface area contributed by atoms with Crippen molar-refractivity contribution < 1.29 is 14.0 Å². The third kappa shape index (κ3) is 2.82. The van der Waals surface area contributed by atoms with Crippen LogP contribution in [-0.2, 0) is 9.59 Å². The van der Waals surface area contributed by atoms with E-state index >= 15 is 0 Å². The highest BCUT2D eigenvalue weighted by Crippen LogP contribution is 2.28. The fourth-order valence-electron chi connectivity index (χ4n) is 2.13. The first-order valence-electron chi connectivity index (χ1n) is 6.19. The molecule has 2 rings (SSSR count). The highest BCUT2D eigenvalue weighted by molar-refractivity contribution is 6.31. The maximum absolute atomic E-state index is 13.1. The van der Waals surface area contributed by atoms with Gasteiger partial charge in [0.2, 0.25) is 11.8 Å². The zero-order chi connectivity index (χ0) is 14.7. The SMILES string of the molecule is C=CCNC(=O)C1CCN(c2ccc(F)c(Cl)c2)C1=O. The minimum Gasteiger partial charge on any atom is -0.352 e. The van der Waals surface area contributed by atoms with Crippen molar-refractivity contribution in [3.8, 4) is 0 Å². The monoisotopic (exact) mass is 296 g/mol. The smallest absolute Gasteiger partial charge is 0.239 e. The molecule has 1 aromatic rings. The summed E-state index contributed by atoms with van der Waals surface area (Å²) in [5.74, 6) is -1.86. The summed E-state index contributed by atoms with van der Waals surface area (Å²) in [4.78, 5) is 25.5. The molecule has 2 amide bonds.